The minimum absolute atomic E-state index is 0.105. The third-order valence-corrected chi connectivity index (χ3v) is 9.34. The van der Waals surface area contributed by atoms with Crippen molar-refractivity contribution in [2.75, 3.05) is 13.2 Å². The monoisotopic (exact) mass is 623 g/mol. The average molecular weight is 624 g/mol. The highest BCUT2D eigenvalue weighted by molar-refractivity contribution is 5.95. The molecule has 0 spiro atoms. The molecule has 1 aromatic carbocycles. The summed E-state index contributed by atoms with van der Waals surface area (Å²) in [6.07, 6.45) is 11.7. The lowest BCUT2D eigenvalue weighted by molar-refractivity contribution is 0.138. The van der Waals surface area contributed by atoms with Gasteiger partial charge in [-0.05, 0) is 102 Å². The maximum absolute atomic E-state index is 5.75. The number of aryl methyl sites for hydroxylation is 1. The summed E-state index contributed by atoms with van der Waals surface area (Å²) < 4.78 is 8.23. The molecule has 1 N–H and O–H groups in total. The number of hydrogen-bond donors (Lipinski definition) is 1. The van der Waals surface area contributed by atoms with E-state index in [4.69, 9.17) is 14.7 Å². The zero-order valence-electron chi connectivity index (χ0n) is 29.7. The first kappa shape index (κ1) is 35.2. The lowest BCUT2D eigenvalue weighted by atomic mass is 9.84. The van der Waals surface area contributed by atoms with Gasteiger partial charge in [-0.25, -0.2) is 5.43 Å². The number of allylic oxidation sites excluding steroid dienone is 2. The zero-order valence-corrected chi connectivity index (χ0v) is 29.7. The molecule has 3 heterocycles. The van der Waals surface area contributed by atoms with Gasteiger partial charge in [-0.1, -0.05) is 53.0 Å². The lowest BCUT2D eigenvalue weighted by Gasteiger charge is -2.35. The fourth-order valence-electron chi connectivity index (χ4n) is 6.63. The van der Waals surface area contributed by atoms with E-state index in [1.165, 1.54) is 40.6 Å². The van der Waals surface area contributed by atoms with E-state index in [0.717, 1.165) is 67.1 Å². The van der Waals surface area contributed by atoms with Gasteiger partial charge in [0.15, 0.2) is 0 Å². The van der Waals surface area contributed by atoms with Gasteiger partial charge >= 0.3 is 0 Å². The number of nitrogens with zero attached hydrogens (tertiary/aromatic N) is 4. The Morgan fingerprint density at radius 3 is 2.70 bits per heavy atom. The Morgan fingerprint density at radius 2 is 2.02 bits per heavy atom. The molecule has 248 valence electrons. The highest BCUT2D eigenvalue weighted by Gasteiger charge is 2.28. The molecule has 2 atom stereocenters. The van der Waals surface area contributed by atoms with Crippen LogP contribution in [0.1, 0.15) is 110 Å². The van der Waals surface area contributed by atoms with Gasteiger partial charge in [-0.2, -0.15) is 0 Å². The predicted molar refractivity (Wildman–Crippen MR) is 197 cm³/mol. The van der Waals surface area contributed by atoms with Gasteiger partial charge in [0.2, 0.25) is 0 Å². The number of benzene rings is 1. The first-order valence-corrected chi connectivity index (χ1v) is 17.3. The highest BCUT2D eigenvalue weighted by atomic mass is 16.5. The van der Waals surface area contributed by atoms with Crippen LogP contribution in [-0.2, 0) is 17.7 Å². The van der Waals surface area contributed by atoms with Gasteiger partial charge in [0, 0.05) is 64.2 Å². The van der Waals surface area contributed by atoms with Crippen LogP contribution >= 0.6 is 0 Å². The van der Waals surface area contributed by atoms with Gasteiger partial charge in [-0.3, -0.25) is 9.98 Å². The van der Waals surface area contributed by atoms with Crippen molar-refractivity contribution >= 4 is 22.3 Å². The van der Waals surface area contributed by atoms with Crippen LogP contribution in [-0.4, -0.2) is 39.5 Å². The Bertz CT molecular complexity index is 1580. The summed E-state index contributed by atoms with van der Waals surface area (Å²) in [5.41, 5.74) is 14.1. The largest absolute Gasteiger partial charge is 0.501 e. The summed E-state index contributed by atoms with van der Waals surface area (Å²) in [5, 5.41) is 3.51. The molecule has 0 saturated carbocycles. The first-order chi connectivity index (χ1) is 22.0. The summed E-state index contributed by atoms with van der Waals surface area (Å²) in [7, 11) is 0. The number of aromatic nitrogens is 2. The molecule has 3 aromatic rings. The van der Waals surface area contributed by atoms with Crippen LogP contribution in [0.4, 0.5) is 0 Å². The number of pyridine rings is 1. The second-order valence-electron chi connectivity index (χ2n) is 13.8. The van der Waals surface area contributed by atoms with Crippen molar-refractivity contribution in [2.45, 2.75) is 112 Å². The Balaban J connectivity index is 1.77. The van der Waals surface area contributed by atoms with E-state index in [2.05, 4.69) is 120 Å². The summed E-state index contributed by atoms with van der Waals surface area (Å²) in [6, 6.07) is 11.7. The van der Waals surface area contributed by atoms with Crippen LogP contribution in [0.3, 0.4) is 0 Å². The fraction of sp³-hybridized carbons (Fsp3) is 0.500. The fourth-order valence-corrected chi connectivity index (χ4v) is 6.63. The first-order valence-electron chi connectivity index (χ1n) is 17.3. The number of hydrazine groups is 1. The standard InChI is InChI=1S/C40H57N5O/c1-11-28(5)38-33(18-15-23-41-38)39-35(26-40(9,10)27-46-14-4)34-25-32(21-22-37(34)44(39)13-3)36(12-2)42-29(6)19-20-31(8)45-24-16-17-30(7)43-45/h12,14-15,18,21-23,25,28,30,43H,4,8,11,13,16-17,19-20,24,26-27H2,1-3,5-7,9-10H3/b36-12-,42-29?. The maximum atomic E-state index is 5.75. The Hall–Kier alpha value is -3.64. The summed E-state index contributed by atoms with van der Waals surface area (Å²) in [4.78, 5) is 10.1. The van der Waals surface area contributed by atoms with Crippen LogP contribution in [0, 0.1) is 5.41 Å². The smallest absolute Gasteiger partial charge is 0.0927 e. The molecule has 6 heteroatoms. The molecule has 4 rings (SSSR count). The van der Waals surface area contributed by atoms with E-state index < -0.39 is 0 Å². The van der Waals surface area contributed by atoms with Crippen LogP contribution in [0.25, 0.3) is 27.9 Å². The van der Waals surface area contributed by atoms with E-state index in [0.29, 0.717) is 18.6 Å². The molecule has 0 bridgehead atoms. The van der Waals surface area contributed by atoms with E-state index in [9.17, 15) is 0 Å². The predicted octanol–water partition coefficient (Wildman–Crippen LogP) is 10.1. The van der Waals surface area contributed by atoms with Crippen molar-refractivity contribution in [1.82, 2.24) is 20.0 Å². The molecule has 1 aliphatic heterocycles. The molecule has 0 radical (unpaired) electrons. The second-order valence-corrected chi connectivity index (χ2v) is 13.8. The highest BCUT2D eigenvalue weighted by Crippen LogP contribution is 2.41. The number of ether oxygens (including phenoxy) is 1. The van der Waals surface area contributed by atoms with Gasteiger partial charge in [0.1, 0.15) is 0 Å². The SMILES string of the molecule is C=COCC(C)(C)Cc1c(-c2cccnc2C(C)CC)n(CC)c2ccc(/C(=C/C)N=C(C)CCC(=C)N3CCCC(C)N3)cc12. The van der Waals surface area contributed by atoms with Crippen molar-refractivity contribution in [3.8, 4) is 11.3 Å². The van der Waals surface area contributed by atoms with Crippen LogP contribution in [0.2, 0.25) is 0 Å². The second kappa shape index (κ2) is 15.8. The molecule has 2 aromatic heterocycles. The number of fused-ring (bicyclic) bond motifs is 1. The van der Waals surface area contributed by atoms with Crippen LogP contribution in [0.5, 0.6) is 0 Å². The Morgan fingerprint density at radius 1 is 1.24 bits per heavy atom. The molecule has 1 fully saturated rings. The quantitative estimate of drug-likeness (QED) is 0.135. The topological polar surface area (TPSA) is 54.7 Å². The van der Waals surface area contributed by atoms with E-state index >= 15 is 0 Å². The van der Waals surface area contributed by atoms with Crippen molar-refractivity contribution in [3.05, 3.63) is 84.5 Å². The molecule has 6 nitrogen and oxygen atoms in total. The Kier molecular flexibility index (Phi) is 12.1. The molecule has 0 amide bonds. The van der Waals surface area contributed by atoms with Crippen molar-refractivity contribution in [3.63, 3.8) is 0 Å². The van der Waals surface area contributed by atoms with E-state index in [1.807, 2.05) is 6.20 Å². The zero-order chi connectivity index (χ0) is 33.4. The van der Waals surface area contributed by atoms with Crippen LogP contribution < -0.4 is 5.43 Å². The summed E-state index contributed by atoms with van der Waals surface area (Å²) in [6.45, 7) is 28.4. The van der Waals surface area contributed by atoms with Crippen molar-refractivity contribution in [1.29, 1.82) is 0 Å². The summed E-state index contributed by atoms with van der Waals surface area (Å²) in [5.74, 6) is 0.358. The van der Waals surface area contributed by atoms with Gasteiger partial charge in [0.25, 0.3) is 0 Å². The maximum Gasteiger partial charge on any atom is 0.0927 e. The van der Waals surface area contributed by atoms with Crippen molar-refractivity contribution < 1.29 is 4.74 Å². The molecule has 0 aliphatic carbocycles. The third-order valence-electron chi connectivity index (χ3n) is 9.34. The minimum atomic E-state index is -0.105. The van der Waals surface area contributed by atoms with Gasteiger partial charge < -0.3 is 14.3 Å². The van der Waals surface area contributed by atoms with Crippen LogP contribution in [0.15, 0.2) is 72.7 Å². The number of nitrogens with one attached hydrogen (secondary N) is 1. The number of hydrogen-bond acceptors (Lipinski definition) is 5. The number of rotatable bonds is 15. The van der Waals surface area contributed by atoms with E-state index in [-0.39, 0.29) is 5.41 Å². The molecule has 1 aliphatic rings. The van der Waals surface area contributed by atoms with Gasteiger partial charge in [0.05, 0.1) is 30.0 Å². The lowest BCUT2D eigenvalue weighted by Crippen LogP contribution is -2.47. The normalized spacial score (nSPS) is 17.0. The molecule has 2 unspecified atom stereocenters. The molecular formula is C40H57N5O. The molecule has 46 heavy (non-hydrogen) atoms. The molecule has 1 saturated heterocycles. The third kappa shape index (κ3) is 8.19. The Labute approximate surface area is 278 Å². The van der Waals surface area contributed by atoms with Gasteiger partial charge in [-0.15, -0.1) is 0 Å². The average Bonchev–Trinajstić information content (AvgIpc) is 3.36. The summed E-state index contributed by atoms with van der Waals surface area (Å²) >= 11 is 0. The number of aliphatic imine (C=N–C) groups is 1. The minimum Gasteiger partial charge on any atom is -0.501 e. The van der Waals surface area contributed by atoms with E-state index in [1.54, 1.807) is 6.26 Å². The molecular weight excluding hydrogens is 566 g/mol. The van der Waals surface area contributed by atoms with Crippen molar-refractivity contribution in [2.24, 2.45) is 10.4 Å².